The minimum atomic E-state index is -4.54. The normalized spacial score (nSPS) is 12.9. The summed E-state index contributed by atoms with van der Waals surface area (Å²) in [4.78, 5) is -2.26. The molecule has 0 aliphatic carbocycles. The van der Waals surface area contributed by atoms with E-state index in [1.807, 2.05) is 0 Å². The Bertz CT molecular complexity index is 480. The van der Waals surface area contributed by atoms with Crippen LogP contribution in [0.4, 0.5) is 0 Å². The monoisotopic (exact) mass is 230 g/mol. The Kier molecular flexibility index (Phi) is 2.88. The number of benzene rings is 1. The summed E-state index contributed by atoms with van der Waals surface area (Å²) in [5.41, 5.74) is 12.6. The number of hydrogen-bond donors (Lipinski definition) is 3. The number of aryl methyl sites for hydroxylation is 1. The van der Waals surface area contributed by atoms with Crippen molar-refractivity contribution in [3.8, 4) is 0 Å². The summed E-state index contributed by atoms with van der Waals surface area (Å²) in [5, 5.41) is 0. The Balaban J connectivity index is 3.47. The first-order chi connectivity index (χ1) is 6.68. The molecule has 15 heavy (non-hydrogen) atoms. The Hall–Kier alpha value is -0.950. The van der Waals surface area contributed by atoms with Crippen LogP contribution in [0.5, 0.6) is 0 Å². The van der Waals surface area contributed by atoms with Crippen LogP contribution in [0.25, 0.3) is 0 Å². The van der Waals surface area contributed by atoms with Gasteiger partial charge in [-0.05, 0) is 25.0 Å². The standard InChI is InChI=1S/C9H14N2O3S/c1-6-4-3-5-8(7(6)2)9(10,11)15(12,13)14/h3-5H,10-11H2,1-2H3,(H,12,13,14). The third kappa shape index (κ3) is 2.03. The minimum Gasteiger partial charge on any atom is -0.295 e. The molecule has 5 nitrogen and oxygen atoms in total. The van der Waals surface area contributed by atoms with Gasteiger partial charge in [0, 0.05) is 5.56 Å². The van der Waals surface area contributed by atoms with Crippen LogP contribution in [-0.2, 0) is 15.1 Å². The highest BCUT2D eigenvalue weighted by Gasteiger charge is 2.37. The van der Waals surface area contributed by atoms with E-state index in [2.05, 4.69) is 0 Å². The minimum absolute atomic E-state index is 0.199. The Labute approximate surface area is 88.8 Å². The molecule has 0 spiro atoms. The van der Waals surface area contributed by atoms with Crippen molar-refractivity contribution in [2.24, 2.45) is 11.5 Å². The van der Waals surface area contributed by atoms with Crippen LogP contribution in [0.15, 0.2) is 18.2 Å². The second kappa shape index (κ2) is 3.57. The summed E-state index contributed by atoms with van der Waals surface area (Å²) < 4.78 is 31.0. The topological polar surface area (TPSA) is 106 Å². The first-order valence-corrected chi connectivity index (χ1v) is 5.73. The molecule has 0 heterocycles. The van der Waals surface area contributed by atoms with Crippen LogP contribution in [0.2, 0.25) is 0 Å². The van der Waals surface area contributed by atoms with Gasteiger partial charge in [-0.15, -0.1) is 0 Å². The van der Waals surface area contributed by atoms with Crippen molar-refractivity contribution in [3.05, 3.63) is 34.9 Å². The molecule has 1 aromatic rings. The van der Waals surface area contributed by atoms with Crippen LogP contribution >= 0.6 is 0 Å². The first-order valence-electron chi connectivity index (χ1n) is 4.29. The van der Waals surface area contributed by atoms with Crippen LogP contribution in [0.3, 0.4) is 0 Å². The van der Waals surface area contributed by atoms with Crippen LogP contribution in [0, 0.1) is 13.8 Å². The molecule has 0 aliphatic rings. The average Bonchev–Trinajstić information content (AvgIpc) is 2.07. The van der Waals surface area contributed by atoms with E-state index in [0.717, 1.165) is 5.56 Å². The van der Waals surface area contributed by atoms with Gasteiger partial charge in [-0.3, -0.25) is 16.0 Å². The van der Waals surface area contributed by atoms with Gasteiger partial charge in [0.1, 0.15) is 0 Å². The van der Waals surface area contributed by atoms with Crippen molar-refractivity contribution in [2.45, 2.75) is 18.8 Å². The fraction of sp³-hybridized carbons (Fsp3) is 0.333. The van der Waals surface area contributed by atoms with Gasteiger partial charge in [0.15, 0.2) is 0 Å². The lowest BCUT2D eigenvalue weighted by molar-refractivity contribution is 0.432. The molecule has 0 amide bonds. The number of nitrogens with two attached hydrogens (primary N) is 2. The highest BCUT2D eigenvalue weighted by Crippen LogP contribution is 2.23. The van der Waals surface area contributed by atoms with Gasteiger partial charge in [-0.2, -0.15) is 8.42 Å². The molecule has 0 atom stereocenters. The van der Waals surface area contributed by atoms with Gasteiger partial charge < -0.3 is 0 Å². The highest BCUT2D eigenvalue weighted by atomic mass is 32.2. The molecule has 0 fully saturated rings. The molecule has 1 rings (SSSR count). The molecule has 0 aromatic heterocycles. The predicted molar refractivity (Wildman–Crippen MR) is 57.5 cm³/mol. The summed E-state index contributed by atoms with van der Waals surface area (Å²) in [7, 11) is -4.54. The van der Waals surface area contributed by atoms with E-state index in [9.17, 15) is 8.42 Å². The quantitative estimate of drug-likeness (QED) is 0.497. The molecule has 0 saturated heterocycles. The van der Waals surface area contributed by atoms with E-state index in [0.29, 0.717) is 5.56 Å². The maximum absolute atomic E-state index is 11.0. The number of rotatable bonds is 2. The Morgan fingerprint density at radius 3 is 2.27 bits per heavy atom. The molecule has 0 aliphatic heterocycles. The molecule has 0 bridgehead atoms. The van der Waals surface area contributed by atoms with Gasteiger partial charge in [0.25, 0.3) is 0 Å². The van der Waals surface area contributed by atoms with Crippen molar-refractivity contribution < 1.29 is 13.0 Å². The molecule has 0 saturated carbocycles. The maximum atomic E-state index is 11.0. The van der Waals surface area contributed by atoms with Gasteiger partial charge in [0.2, 0.25) is 4.99 Å². The van der Waals surface area contributed by atoms with E-state index in [4.69, 9.17) is 16.0 Å². The summed E-state index contributed by atoms with van der Waals surface area (Å²) in [6.45, 7) is 3.50. The van der Waals surface area contributed by atoms with E-state index >= 15 is 0 Å². The maximum Gasteiger partial charge on any atom is 0.302 e. The molecular weight excluding hydrogens is 216 g/mol. The molecule has 0 unspecified atom stereocenters. The molecule has 5 N–H and O–H groups in total. The summed E-state index contributed by atoms with van der Waals surface area (Å²) in [5.74, 6) is 0. The lowest BCUT2D eigenvalue weighted by Crippen LogP contribution is -2.53. The summed E-state index contributed by atoms with van der Waals surface area (Å²) in [6, 6.07) is 4.92. The average molecular weight is 230 g/mol. The second-order valence-corrected chi connectivity index (χ2v) is 5.14. The SMILES string of the molecule is Cc1cccc(C(N)(N)S(=O)(=O)O)c1C. The summed E-state index contributed by atoms with van der Waals surface area (Å²) >= 11 is 0. The van der Waals surface area contributed by atoms with E-state index < -0.39 is 15.1 Å². The zero-order chi connectivity index (χ0) is 11.9. The van der Waals surface area contributed by atoms with Crippen LogP contribution in [-0.4, -0.2) is 13.0 Å². The molecule has 0 radical (unpaired) electrons. The summed E-state index contributed by atoms with van der Waals surface area (Å²) in [6.07, 6.45) is 0. The third-order valence-electron chi connectivity index (χ3n) is 2.45. The third-order valence-corrected chi connectivity index (χ3v) is 3.53. The zero-order valence-electron chi connectivity index (χ0n) is 8.56. The van der Waals surface area contributed by atoms with Crippen molar-refractivity contribution in [1.82, 2.24) is 0 Å². The smallest absolute Gasteiger partial charge is 0.295 e. The number of hydrogen-bond acceptors (Lipinski definition) is 4. The van der Waals surface area contributed by atoms with Gasteiger partial charge in [-0.25, -0.2) is 0 Å². The molecular formula is C9H14N2O3S. The van der Waals surface area contributed by atoms with Gasteiger partial charge in [-0.1, -0.05) is 18.2 Å². The fourth-order valence-electron chi connectivity index (χ4n) is 1.31. The van der Waals surface area contributed by atoms with Gasteiger partial charge in [0.05, 0.1) is 0 Å². The second-order valence-electron chi connectivity index (χ2n) is 3.52. The van der Waals surface area contributed by atoms with Crippen LogP contribution < -0.4 is 11.5 Å². The first kappa shape index (κ1) is 12.1. The van der Waals surface area contributed by atoms with E-state index in [1.54, 1.807) is 26.0 Å². The molecule has 84 valence electrons. The lowest BCUT2D eigenvalue weighted by Gasteiger charge is -2.23. The lowest BCUT2D eigenvalue weighted by atomic mass is 10.0. The van der Waals surface area contributed by atoms with Crippen LogP contribution in [0.1, 0.15) is 16.7 Å². The van der Waals surface area contributed by atoms with Gasteiger partial charge >= 0.3 is 10.1 Å². The van der Waals surface area contributed by atoms with Crippen molar-refractivity contribution in [3.63, 3.8) is 0 Å². The van der Waals surface area contributed by atoms with Crippen molar-refractivity contribution in [2.75, 3.05) is 0 Å². The Morgan fingerprint density at radius 1 is 1.27 bits per heavy atom. The van der Waals surface area contributed by atoms with Crippen molar-refractivity contribution >= 4 is 10.1 Å². The largest absolute Gasteiger partial charge is 0.302 e. The Morgan fingerprint density at radius 2 is 1.80 bits per heavy atom. The molecule has 6 heteroatoms. The molecule has 1 aromatic carbocycles. The predicted octanol–water partition coefficient (Wildman–Crippen LogP) is 0.219. The highest BCUT2D eigenvalue weighted by molar-refractivity contribution is 7.86. The van der Waals surface area contributed by atoms with E-state index in [1.165, 1.54) is 6.07 Å². The van der Waals surface area contributed by atoms with E-state index in [-0.39, 0.29) is 5.56 Å². The zero-order valence-corrected chi connectivity index (χ0v) is 9.38. The fourth-order valence-corrected chi connectivity index (χ4v) is 1.81. The van der Waals surface area contributed by atoms with Crippen molar-refractivity contribution in [1.29, 1.82) is 0 Å².